The number of fused-ring (bicyclic) bond motifs is 5. The molecule has 4 fully saturated rings. The zero-order chi connectivity index (χ0) is 27.0. The van der Waals surface area contributed by atoms with Gasteiger partial charge in [0.2, 0.25) is 0 Å². The number of carbonyl (C=O) groups excluding carboxylic acids is 2. The number of hydrogen-bond acceptors (Lipinski definition) is 6. The second kappa shape index (κ2) is 11.6. The number of aliphatic hydroxyl groups is 1. The van der Waals surface area contributed by atoms with Crippen LogP contribution in [0.2, 0.25) is 0 Å². The fourth-order valence-corrected chi connectivity index (χ4v) is 9.80. The Kier molecular flexibility index (Phi) is 9.12. The Morgan fingerprint density at radius 1 is 0.946 bits per heavy atom. The first kappa shape index (κ1) is 29.0. The van der Waals surface area contributed by atoms with E-state index in [4.69, 9.17) is 9.47 Å². The van der Waals surface area contributed by atoms with E-state index in [-0.39, 0.29) is 40.8 Å². The maximum absolute atomic E-state index is 13.4. The molecule has 0 bridgehead atoms. The number of rotatable bonds is 10. The molecule has 4 rings (SSSR count). The van der Waals surface area contributed by atoms with Gasteiger partial charge in [-0.15, -0.1) is 0 Å². The monoisotopic (exact) mass is 519 g/mol. The molecule has 37 heavy (non-hydrogen) atoms. The quantitative estimate of drug-likeness (QED) is 0.397. The molecular formula is C31H53NO5. The van der Waals surface area contributed by atoms with Crippen molar-refractivity contribution in [3.8, 4) is 0 Å². The van der Waals surface area contributed by atoms with Crippen LogP contribution in [0.3, 0.4) is 0 Å². The van der Waals surface area contributed by atoms with Gasteiger partial charge in [0.05, 0.1) is 18.8 Å². The Bertz CT molecular complexity index is 811. The summed E-state index contributed by atoms with van der Waals surface area (Å²) in [6.07, 6.45) is 7.90. The predicted octanol–water partition coefficient (Wildman–Crippen LogP) is 5.25. The van der Waals surface area contributed by atoms with Crippen LogP contribution in [0.4, 0.5) is 0 Å². The van der Waals surface area contributed by atoms with Gasteiger partial charge in [-0.05, 0) is 113 Å². The van der Waals surface area contributed by atoms with E-state index in [2.05, 4.69) is 32.6 Å². The van der Waals surface area contributed by atoms with Crippen molar-refractivity contribution in [2.24, 2.45) is 40.4 Å². The average Bonchev–Trinajstić information content (AvgIpc) is 3.17. The molecule has 0 aromatic heterocycles. The van der Waals surface area contributed by atoms with E-state index in [1.54, 1.807) is 6.92 Å². The molecule has 4 aliphatic rings. The molecule has 6 heteroatoms. The number of ether oxygens (including phenoxy) is 2. The Morgan fingerprint density at radius 3 is 2.24 bits per heavy atom. The molecule has 212 valence electrons. The molecule has 0 saturated heterocycles. The molecule has 0 aromatic rings. The van der Waals surface area contributed by atoms with E-state index in [9.17, 15) is 14.7 Å². The highest BCUT2D eigenvalue weighted by atomic mass is 16.5. The lowest BCUT2D eigenvalue weighted by atomic mass is 9.43. The van der Waals surface area contributed by atoms with E-state index in [1.165, 1.54) is 0 Å². The largest absolute Gasteiger partial charge is 0.461 e. The maximum Gasteiger partial charge on any atom is 0.320 e. The van der Waals surface area contributed by atoms with Crippen LogP contribution in [-0.2, 0) is 19.1 Å². The van der Waals surface area contributed by atoms with Crippen LogP contribution in [0.5, 0.6) is 0 Å². The summed E-state index contributed by atoms with van der Waals surface area (Å²) in [5.41, 5.74) is -0.156. The first-order chi connectivity index (χ1) is 17.6. The third-order valence-electron chi connectivity index (χ3n) is 11.2. The van der Waals surface area contributed by atoms with E-state index in [0.717, 1.165) is 70.9 Å². The molecule has 4 unspecified atom stereocenters. The fraction of sp³-hybridized carbons (Fsp3) is 0.935. The van der Waals surface area contributed by atoms with Crippen molar-refractivity contribution >= 4 is 11.8 Å². The summed E-state index contributed by atoms with van der Waals surface area (Å²) in [4.78, 5) is 28.4. The lowest BCUT2D eigenvalue weighted by Gasteiger charge is -2.63. The van der Waals surface area contributed by atoms with Gasteiger partial charge in [-0.25, -0.2) is 0 Å². The topological polar surface area (TPSA) is 76.1 Å². The van der Waals surface area contributed by atoms with Gasteiger partial charge in [-0.3, -0.25) is 14.5 Å². The normalized spacial score (nSPS) is 43.1. The van der Waals surface area contributed by atoms with Gasteiger partial charge >= 0.3 is 5.97 Å². The van der Waals surface area contributed by atoms with Gasteiger partial charge in [-0.2, -0.15) is 0 Å². The molecule has 6 nitrogen and oxygen atoms in total. The van der Waals surface area contributed by atoms with Crippen LogP contribution < -0.4 is 0 Å². The third kappa shape index (κ3) is 5.41. The molecule has 0 amide bonds. The van der Waals surface area contributed by atoms with Crippen LogP contribution in [0.15, 0.2) is 0 Å². The van der Waals surface area contributed by atoms with Crippen LogP contribution in [0.25, 0.3) is 0 Å². The highest BCUT2D eigenvalue weighted by Gasteiger charge is 2.65. The highest BCUT2D eigenvalue weighted by molar-refractivity contribution is 5.79. The minimum atomic E-state index is -0.422. The van der Waals surface area contributed by atoms with Crippen molar-refractivity contribution in [2.75, 3.05) is 26.2 Å². The number of carbonyl (C=O) groups is 2. The van der Waals surface area contributed by atoms with Gasteiger partial charge in [0.1, 0.15) is 11.9 Å². The number of esters is 1. The lowest BCUT2D eigenvalue weighted by molar-refractivity contribution is -0.214. The second-order valence-electron chi connectivity index (χ2n) is 13.3. The second-order valence-corrected chi connectivity index (χ2v) is 13.3. The molecule has 0 aliphatic heterocycles. The number of Topliss-reactive ketones (excluding diaryl/α,β-unsaturated/α-hetero) is 1. The smallest absolute Gasteiger partial charge is 0.320 e. The Balaban J connectivity index is 1.66. The number of hydrogen-bond donors (Lipinski definition) is 1. The molecule has 1 N–H and O–H groups in total. The van der Waals surface area contributed by atoms with Crippen molar-refractivity contribution < 1.29 is 24.2 Å². The zero-order valence-electron chi connectivity index (χ0n) is 24.3. The molecule has 10 atom stereocenters. The summed E-state index contributed by atoms with van der Waals surface area (Å²) in [6.45, 7) is 15.5. The van der Waals surface area contributed by atoms with Gasteiger partial charge < -0.3 is 14.6 Å². The summed E-state index contributed by atoms with van der Waals surface area (Å²) in [7, 11) is 0. The SMILES string of the molecule is CCCN(CCC)CC(=O)OC1C[C@]2(C)[C@@H](C(C)=O)CC[C@H]2[C@@H]2CCC3CC(O)C(OCC)C[C@]3(C)[C@@H]12. The predicted molar refractivity (Wildman–Crippen MR) is 145 cm³/mol. The third-order valence-corrected chi connectivity index (χ3v) is 11.2. The Labute approximate surface area is 225 Å². The van der Waals surface area contributed by atoms with E-state index >= 15 is 0 Å². The molecule has 0 aromatic carbocycles. The van der Waals surface area contributed by atoms with Gasteiger partial charge in [0, 0.05) is 18.4 Å². The summed E-state index contributed by atoms with van der Waals surface area (Å²) in [5.74, 6) is 1.84. The molecule has 4 saturated carbocycles. The summed E-state index contributed by atoms with van der Waals surface area (Å²) < 4.78 is 12.6. The first-order valence-electron chi connectivity index (χ1n) is 15.3. The Morgan fingerprint density at radius 2 is 1.62 bits per heavy atom. The van der Waals surface area contributed by atoms with E-state index < -0.39 is 6.10 Å². The fourth-order valence-electron chi connectivity index (χ4n) is 9.80. The zero-order valence-corrected chi connectivity index (χ0v) is 24.3. The van der Waals surface area contributed by atoms with Crippen molar-refractivity contribution in [1.82, 2.24) is 4.90 Å². The molecule has 0 radical (unpaired) electrons. The van der Waals surface area contributed by atoms with Crippen molar-refractivity contribution in [3.63, 3.8) is 0 Å². The lowest BCUT2D eigenvalue weighted by Crippen LogP contribution is -2.62. The highest BCUT2D eigenvalue weighted by Crippen LogP contribution is 2.68. The standard InChI is InChI=1S/C31H53NO5/c1-7-14-32(15-8-2)19-28(35)37-27-18-31(6)23(20(4)33)12-13-24(31)22-11-10-21-16-25(34)26(36-9-3)17-30(21,5)29(22)27/h21-27,29,34H,7-19H2,1-6H3/t21?,22-,23+,24-,25?,26?,27?,29+,30-,31+/m0/s1. The van der Waals surface area contributed by atoms with Crippen molar-refractivity contribution in [2.45, 2.75) is 118 Å². The molecule has 4 aliphatic carbocycles. The van der Waals surface area contributed by atoms with Gasteiger partial charge in [0.25, 0.3) is 0 Å². The Hall–Kier alpha value is -0.980. The van der Waals surface area contributed by atoms with Gasteiger partial charge in [0.15, 0.2) is 0 Å². The maximum atomic E-state index is 13.4. The van der Waals surface area contributed by atoms with Crippen LogP contribution in [-0.4, -0.2) is 66.3 Å². The number of ketones is 1. The van der Waals surface area contributed by atoms with Crippen molar-refractivity contribution in [3.05, 3.63) is 0 Å². The van der Waals surface area contributed by atoms with Crippen LogP contribution in [0.1, 0.15) is 99.3 Å². The minimum absolute atomic E-state index is 0.0465. The van der Waals surface area contributed by atoms with Crippen molar-refractivity contribution in [1.29, 1.82) is 0 Å². The van der Waals surface area contributed by atoms with E-state index in [0.29, 0.717) is 36.7 Å². The first-order valence-corrected chi connectivity index (χ1v) is 15.3. The number of aliphatic hydroxyl groups excluding tert-OH is 1. The van der Waals surface area contributed by atoms with Crippen LogP contribution in [0, 0.1) is 40.4 Å². The van der Waals surface area contributed by atoms with Gasteiger partial charge in [-0.1, -0.05) is 27.7 Å². The van der Waals surface area contributed by atoms with Crippen LogP contribution >= 0.6 is 0 Å². The molecule has 0 spiro atoms. The minimum Gasteiger partial charge on any atom is -0.461 e. The molecule has 0 heterocycles. The number of nitrogens with zero attached hydrogens (tertiary/aromatic N) is 1. The summed E-state index contributed by atoms with van der Waals surface area (Å²) >= 11 is 0. The summed E-state index contributed by atoms with van der Waals surface area (Å²) in [6, 6.07) is 0. The summed E-state index contributed by atoms with van der Waals surface area (Å²) in [5, 5.41) is 10.9. The average molecular weight is 520 g/mol. The van der Waals surface area contributed by atoms with E-state index in [1.807, 2.05) is 6.92 Å². The molecular weight excluding hydrogens is 466 g/mol.